The highest BCUT2D eigenvalue weighted by Crippen LogP contribution is 2.32. The van der Waals surface area contributed by atoms with Crippen molar-refractivity contribution in [3.63, 3.8) is 0 Å². The first kappa shape index (κ1) is 11.7. The van der Waals surface area contributed by atoms with Gasteiger partial charge in [0, 0.05) is 5.02 Å². The van der Waals surface area contributed by atoms with E-state index in [0.717, 1.165) is 12.8 Å². The molecule has 1 unspecified atom stereocenters. The molecule has 0 spiro atoms. The van der Waals surface area contributed by atoms with Crippen molar-refractivity contribution in [1.29, 1.82) is 5.26 Å². The Kier molecular flexibility index (Phi) is 3.21. The summed E-state index contributed by atoms with van der Waals surface area (Å²) in [6, 6.07) is 5.84. The Morgan fingerprint density at radius 3 is 2.82 bits per heavy atom. The van der Waals surface area contributed by atoms with Gasteiger partial charge in [-0.1, -0.05) is 11.6 Å². The molecular formula is C12H11ClN2O2. The molecule has 1 saturated carbocycles. The Hall–Kier alpha value is -1.73. The molecule has 88 valence electrons. The summed E-state index contributed by atoms with van der Waals surface area (Å²) in [4.78, 5) is 11.8. The second-order valence-electron chi connectivity index (χ2n) is 4.08. The Bertz CT molecular complexity index is 492. The van der Waals surface area contributed by atoms with Gasteiger partial charge in [-0.15, -0.1) is 0 Å². The van der Waals surface area contributed by atoms with Gasteiger partial charge in [0.15, 0.2) is 0 Å². The molecule has 1 aromatic carbocycles. The van der Waals surface area contributed by atoms with Gasteiger partial charge in [-0.3, -0.25) is 4.79 Å². The lowest BCUT2D eigenvalue weighted by Gasteiger charge is -2.11. The summed E-state index contributed by atoms with van der Waals surface area (Å²) in [5, 5.41) is 21.4. The van der Waals surface area contributed by atoms with Crippen LogP contribution in [-0.4, -0.2) is 17.1 Å². The fourth-order valence-electron chi connectivity index (χ4n) is 1.60. The molecule has 0 aromatic heterocycles. The van der Waals surface area contributed by atoms with E-state index in [2.05, 4.69) is 11.4 Å². The van der Waals surface area contributed by atoms with Crippen molar-refractivity contribution >= 4 is 17.5 Å². The maximum Gasteiger partial charge on any atom is 0.256 e. The number of rotatable bonds is 3. The van der Waals surface area contributed by atoms with Crippen LogP contribution in [-0.2, 0) is 0 Å². The van der Waals surface area contributed by atoms with Crippen molar-refractivity contribution in [2.24, 2.45) is 5.92 Å². The molecule has 1 fully saturated rings. The van der Waals surface area contributed by atoms with Crippen molar-refractivity contribution in [3.05, 3.63) is 28.8 Å². The topological polar surface area (TPSA) is 73.1 Å². The fourth-order valence-corrected chi connectivity index (χ4v) is 1.77. The number of nitrogens with one attached hydrogen (secondary N) is 1. The first-order valence-corrected chi connectivity index (χ1v) is 5.68. The number of amides is 1. The summed E-state index contributed by atoms with van der Waals surface area (Å²) in [6.45, 7) is 0. The Morgan fingerprint density at radius 2 is 2.29 bits per heavy atom. The summed E-state index contributed by atoms with van der Waals surface area (Å²) in [6.07, 6.45) is 1.93. The predicted molar refractivity (Wildman–Crippen MR) is 62.7 cm³/mol. The molecule has 0 heterocycles. The predicted octanol–water partition coefficient (Wildman–Crippen LogP) is 2.08. The lowest BCUT2D eigenvalue weighted by atomic mass is 10.1. The van der Waals surface area contributed by atoms with E-state index in [4.69, 9.17) is 16.9 Å². The number of hydrogen-bond donors (Lipinski definition) is 2. The largest absolute Gasteiger partial charge is 0.507 e. The third kappa shape index (κ3) is 2.69. The smallest absolute Gasteiger partial charge is 0.256 e. The molecule has 1 aliphatic carbocycles. The summed E-state index contributed by atoms with van der Waals surface area (Å²) in [7, 11) is 0. The van der Waals surface area contributed by atoms with Gasteiger partial charge < -0.3 is 10.4 Å². The molecule has 2 N–H and O–H groups in total. The van der Waals surface area contributed by atoms with Gasteiger partial charge in [0.25, 0.3) is 5.91 Å². The van der Waals surface area contributed by atoms with Crippen molar-refractivity contribution in [3.8, 4) is 11.8 Å². The average Bonchev–Trinajstić information content (AvgIpc) is 3.09. The normalized spacial score (nSPS) is 16.0. The van der Waals surface area contributed by atoms with Crippen LogP contribution in [0.5, 0.6) is 5.75 Å². The first-order valence-electron chi connectivity index (χ1n) is 5.31. The minimum atomic E-state index is -0.474. The number of phenolic OH excluding ortho intramolecular Hbond substituents is 1. The summed E-state index contributed by atoms with van der Waals surface area (Å²) < 4.78 is 0. The highest BCUT2D eigenvalue weighted by Gasteiger charge is 2.32. The molecule has 0 saturated heterocycles. The van der Waals surface area contributed by atoms with Crippen molar-refractivity contribution in [2.75, 3.05) is 0 Å². The van der Waals surface area contributed by atoms with Crippen LogP contribution < -0.4 is 5.32 Å². The second kappa shape index (κ2) is 4.64. The van der Waals surface area contributed by atoms with Crippen molar-refractivity contribution in [2.45, 2.75) is 18.9 Å². The van der Waals surface area contributed by atoms with Crippen LogP contribution in [0.1, 0.15) is 23.2 Å². The molecule has 1 amide bonds. The number of nitriles is 1. The van der Waals surface area contributed by atoms with Crippen LogP contribution >= 0.6 is 11.6 Å². The van der Waals surface area contributed by atoms with E-state index in [-0.39, 0.29) is 17.2 Å². The van der Waals surface area contributed by atoms with Crippen LogP contribution in [0.15, 0.2) is 18.2 Å². The standard InChI is InChI=1S/C12H11ClN2O2/c13-8-3-4-9(11(16)5-8)12(17)15-10(6-14)7-1-2-7/h3-5,7,10,16H,1-2H2,(H,15,17). The Balaban J connectivity index is 2.11. The van der Waals surface area contributed by atoms with Gasteiger partial charge in [0.2, 0.25) is 0 Å². The molecule has 0 bridgehead atoms. The molecule has 1 aliphatic rings. The van der Waals surface area contributed by atoms with E-state index in [1.54, 1.807) is 0 Å². The van der Waals surface area contributed by atoms with Crippen LogP contribution in [0, 0.1) is 17.2 Å². The number of phenols is 1. The third-order valence-corrected chi connectivity index (χ3v) is 2.96. The molecule has 5 heteroatoms. The zero-order valence-corrected chi connectivity index (χ0v) is 9.74. The number of carbonyl (C=O) groups is 1. The van der Waals surface area contributed by atoms with E-state index in [0.29, 0.717) is 5.02 Å². The Morgan fingerprint density at radius 1 is 1.59 bits per heavy atom. The zero-order valence-electron chi connectivity index (χ0n) is 8.98. The highest BCUT2D eigenvalue weighted by molar-refractivity contribution is 6.30. The quantitative estimate of drug-likeness (QED) is 0.863. The summed E-state index contributed by atoms with van der Waals surface area (Å²) in [5.74, 6) is -0.376. The van der Waals surface area contributed by atoms with E-state index in [1.165, 1.54) is 18.2 Å². The monoisotopic (exact) mass is 250 g/mol. The molecule has 1 aromatic rings. The van der Waals surface area contributed by atoms with E-state index in [9.17, 15) is 9.90 Å². The lowest BCUT2D eigenvalue weighted by Crippen LogP contribution is -2.35. The summed E-state index contributed by atoms with van der Waals surface area (Å²) >= 11 is 5.67. The van der Waals surface area contributed by atoms with E-state index in [1.807, 2.05) is 0 Å². The number of benzene rings is 1. The molecular weight excluding hydrogens is 240 g/mol. The molecule has 0 aliphatic heterocycles. The summed E-state index contributed by atoms with van der Waals surface area (Å²) in [5.41, 5.74) is 0.135. The number of carbonyl (C=O) groups excluding carboxylic acids is 1. The molecule has 0 radical (unpaired) electrons. The first-order chi connectivity index (χ1) is 8.11. The van der Waals surface area contributed by atoms with Crippen molar-refractivity contribution < 1.29 is 9.90 Å². The van der Waals surface area contributed by atoms with Crippen molar-refractivity contribution in [1.82, 2.24) is 5.32 Å². The van der Waals surface area contributed by atoms with Gasteiger partial charge in [-0.2, -0.15) is 5.26 Å². The van der Waals surface area contributed by atoms with Gasteiger partial charge in [-0.25, -0.2) is 0 Å². The van der Waals surface area contributed by atoms with E-state index >= 15 is 0 Å². The zero-order chi connectivity index (χ0) is 12.4. The number of nitrogens with zero attached hydrogens (tertiary/aromatic N) is 1. The highest BCUT2D eigenvalue weighted by atomic mass is 35.5. The van der Waals surface area contributed by atoms with Gasteiger partial charge >= 0.3 is 0 Å². The van der Waals surface area contributed by atoms with Gasteiger partial charge in [0.05, 0.1) is 11.6 Å². The van der Waals surface area contributed by atoms with Crippen LogP contribution in [0.4, 0.5) is 0 Å². The Labute approximate surface area is 104 Å². The average molecular weight is 251 g/mol. The van der Waals surface area contributed by atoms with Gasteiger partial charge in [0.1, 0.15) is 11.8 Å². The van der Waals surface area contributed by atoms with Crippen LogP contribution in [0.25, 0.3) is 0 Å². The SMILES string of the molecule is N#CC(NC(=O)c1ccc(Cl)cc1O)C1CC1. The minimum absolute atomic E-state index is 0.135. The second-order valence-corrected chi connectivity index (χ2v) is 4.52. The number of halogens is 1. The molecule has 1 atom stereocenters. The lowest BCUT2D eigenvalue weighted by molar-refractivity contribution is 0.0939. The maximum atomic E-state index is 11.8. The van der Waals surface area contributed by atoms with Crippen LogP contribution in [0.2, 0.25) is 5.02 Å². The van der Waals surface area contributed by atoms with Crippen LogP contribution in [0.3, 0.4) is 0 Å². The molecule has 2 rings (SSSR count). The number of hydrogen-bond acceptors (Lipinski definition) is 3. The minimum Gasteiger partial charge on any atom is -0.507 e. The molecule has 4 nitrogen and oxygen atoms in total. The fraction of sp³-hybridized carbons (Fsp3) is 0.333. The maximum absolute atomic E-state index is 11.8. The number of aromatic hydroxyl groups is 1. The molecule has 17 heavy (non-hydrogen) atoms. The third-order valence-electron chi connectivity index (χ3n) is 2.72. The van der Waals surface area contributed by atoms with Gasteiger partial charge in [-0.05, 0) is 37.0 Å². The van der Waals surface area contributed by atoms with E-state index < -0.39 is 11.9 Å².